The summed E-state index contributed by atoms with van der Waals surface area (Å²) in [7, 11) is 0. The zero-order valence-electron chi connectivity index (χ0n) is 13.8. The lowest BCUT2D eigenvalue weighted by Crippen LogP contribution is -2.32. The molecule has 1 N–H and O–H groups in total. The fourth-order valence-corrected chi connectivity index (χ4v) is 2.39. The van der Waals surface area contributed by atoms with E-state index < -0.39 is 0 Å². The number of aromatic nitrogens is 1. The van der Waals surface area contributed by atoms with Gasteiger partial charge in [-0.3, -0.25) is 14.6 Å². The van der Waals surface area contributed by atoms with Gasteiger partial charge in [0.1, 0.15) is 5.75 Å². The second-order valence-electron chi connectivity index (χ2n) is 5.69. The molecule has 1 aliphatic heterocycles. The van der Waals surface area contributed by atoms with Gasteiger partial charge in [-0.05, 0) is 24.3 Å². The lowest BCUT2D eigenvalue weighted by atomic mass is 10.1. The Kier molecular flexibility index (Phi) is 5.03. The lowest BCUT2D eigenvalue weighted by molar-refractivity contribution is -0.119. The summed E-state index contributed by atoms with van der Waals surface area (Å²) in [6.07, 6.45) is 5.27. The first-order valence-electron chi connectivity index (χ1n) is 7.92. The SMILES string of the molecule is CC1C=NN(c2ccccc2NC(=O)COc2cccnc2)C(=O)C1. The van der Waals surface area contributed by atoms with Crippen LogP contribution < -0.4 is 15.1 Å². The largest absolute Gasteiger partial charge is 0.482 e. The Morgan fingerprint density at radius 1 is 1.32 bits per heavy atom. The van der Waals surface area contributed by atoms with Crippen molar-refractivity contribution in [1.29, 1.82) is 0 Å². The molecule has 0 spiro atoms. The summed E-state index contributed by atoms with van der Waals surface area (Å²) in [4.78, 5) is 28.3. The van der Waals surface area contributed by atoms with E-state index in [-0.39, 0.29) is 24.3 Å². The molecule has 1 unspecified atom stereocenters. The molecule has 0 aliphatic carbocycles. The van der Waals surface area contributed by atoms with E-state index in [1.807, 2.05) is 6.92 Å². The first-order valence-corrected chi connectivity index (χ1v) is 7.92. The van der Waals surface area contributed by atoms with Crippen LogP contribution in [0.1, 0.15) is 13.3 Å². The Morgan fingerprint density at radius 2 is 2.16 bits per heavy atom. The highest BCUT2D eigenvalue weighted by Gasteiger charge is 2.23. The molecule has 7 heteroatoms. The van der Waals surface area contributed by atoms with Crippen LogP contribution in [0.5, 0.6) is 5.75 Å². The van der Waals surface area contributed by atoms with E-state index in [2.05, 4.69) is 15.4 Å². The summed E-state index contributed by atoms with van der Waals surface area (Å²) in [6, 6.07) is 10.5. The van der Waals surface area contributed by atoms with Crippen LogP contribution in [0.2, 0.25) is 0 Å². The number of carbonyl (C=O) groups is 2. The summed E-state index contributed by atoms with van der Waals surface area (Å²) in [6.45, 7) is 1.77. The van der Waals surface area contributed by atoms with Crippen molar-refractivity contribution in [3.8, 4) is 5.75 Å². The molecule has 1 atom stereocenters. The number of nitrogens with one attached hydrogen (secondary N) is 1. The number of benzene rings is 1. The van der Waals surface area contributed by atoms with E-state index in [9.17, 15) is 9.59 Å². The van der Waals surface area contributed by atoms with Crippen molar-refractivity contribution in [2.45, 2.75) is 13.3 Å². The molecule has 2 aromatic rings. The van der Waals surface area contributed by atoms with Crippen molar-refractivity contribution in [3.05, 3.63) is 48.8 Å². The summed E-state index contributed by atoms with van der Waals surface area (Å²) < 4.78 is 5.38. The van der Waals surface area contributed by atoms with Crippen LogP contribution in [-0.2, 0) is 9.59 Å². The molecule has 2 heterocycles. The fourth-order valence-electron chi connectivity index (χ4n) is 2.39. The second kappa shape index (κ2) is 7.57. The number of ether oxygens (including phenoxy) is 1. The van der Waals surface area contributed by atoms with E-state index in [1.165, 1.54) is 11.2 Å². The molecule has 7 nitrogen and oxygen atoms in total. The number of carbonyl (C=O) groups excluding carboxylic acids is 2. The number of nitrogens with zero attached hydrogens (tertiary/aromatic N) is 3. The fraction of sp³-hybridized carbons (Fsp3) is 0.222. The summed E-state index contributed by atoms with van der Waals surface area (Å²) in [5, 5.41) is 8.27. The minimum absolute atomic E-state index is 0.108. The van der Waals surface area contributed by atoms with E-state index in [0.717, 1.165) is 0 Å². The number of para-hydroxylation sites is 2. The molecule has 0 saturated heterocycles. The van der Waals surface area contributed by atoms with Gasteiger partial charge in [0.15, 0.2) is 6.61 Å². The number of amides is 2. The molecule has 128 valence electrons. The molecule has 1 aliphatic rings. The third kappa shape index (κ3) is 4.20. The number of hydrazone groups is 1. The van der Waals surface area contributed by atoms with Crippen LogP contribution in [-0.4, -0.2) is 29.6 Å². The van der Waals surface area contributed by atoms with Crippen LogP contribution in [0.4, 0.5) is 11.4 Å². The van der Waals surface area contributed by atoms with Crippen molar-refractivity contribution in [2.24, 2.45) is 11.0 Å². The van der Waals surface area contributed by atoms with Gasteiger partial charge in [0.25, 0.3) is 5.91 Å². The average Bonchev–Trinajstić information content (AvgIpc) is 2.62. The Labute approximate surface area is 145 Å². The van der Waals surface area contributed by atoms with Gasteiger partial charge in [-0.25, -0.2) is 0 Å². The smallest absolute Gasteiger partial charge is 0.262 e. The highest BCUT2D eigenvalue weighted by atomic mass is 16.5. The molecule has 0 bridgehead atoms. The van der Waals surface area contributed by atoms with Gasteiger partial charge in [-0.15, -0.1) is 0 Å². The zero-order valence-corrected chi connectivity index (χ0v) is 13.8. The molecule has 3 rings (SSSR count). The number of anilines is 2. The van der Waals surface area contributed by atoms with Crippen LogP contribution in [0.25, 0.3) is 0 Å². The van der Waals surface area contributed by atoms with Gasteiger partial charge < -0.3 is 10.1 Å². The van der Waals surface area contributed by atoms with Crippen LogP contribution in [0.3, 0.4) is 0 Å². The third-order valence-corrected chi connectivity index (χ3v) is 3.58. The standard InChI is InChI=1S/C18H18N4O3/c1-13-9-18(24)22(20-10-13)16-7-3-2-6-15(16)21-17(23)12-25-14-5-4-8-19-11-14/h2-8,10-11,13H,9,12H2,1H3,(H,21,23). The van der Waals surface area contributed by atoms with Crippen molar-refractivity contribution in [1.82, 2.24) is 4.98 Å². The van der Waals surface area contributed by atoms with E-state index in [0.29, 0.717) is 23.5 Å². The van der Waals surface area contributed by atoms with Crippen molar-refractivity contribution in [3.63, 3.8) is 0 Å². The molecule has 0 fully saturated rings. The first-order chi connectivity index (χ1) is 12.1. The molecular weight excluding hydrogens is 320 g/mol. The normalized spacial score (nSPS) is 16.6. The van der Waals surface area contributed by atoms with Gasteiger partial charge in [0.05, 0.1) is 17.6 Å². The first kappa shape index (κ1) is 16.6. The predicted octanol–water partition coefficient (Wildman–Crippen LogP) is 2.46. The lowest BCUT2D eigenvalue weighted by Gasteiger charge is -2.24. The zero-order chi connectivity index (χ0) is 17.6. The van der Waals surface area contributed by atoms with Gasteiger partial charge in [-0.1, -0.05) is 19.1 Å². The second-order valence-corrected chi connectivity index (χ2v) is 5.69. The summed E-state index contributed by atoms with van der Waals surface area (Å²) in [5.41, 5.74) is 1.03. The molecule has 1 aromatic carbocycles. The maximum Gasteiger partial charge on any atom is 0.262 e. The quantitative estimate of drug-likeness (QED) is 0.907. The van der Waals surface area contributed by atoms with Crippen LogP contribution in [0.15, 0.2) is 53.9 Å². The molecule has 0 saturated carbocycles. The van der Waals surface area contributed by atoms with E-state index in [4.69, 9.17) is 4.74 Å². The Bertz CT molecular complexity index is 792. The number of hydrogen-bond donors (Lipinski definition) is 1. The highest BCUT2D eigenvalue weighted by Crippen LogP contribution is 2.28. The van der Waals surface area contributed by atoms with Gasteiger partial charge in [-0.2, -0.15) is 10.1 Å². The molecule has 1 aromatic heterocycles. The molecule has 2 amide bonds. The minimum Gasteiger partial charge on any atom is -0.482 e. The van der Waals surface area contributed by atoms with Gasteiger partial charge in [0.2, 0.25) is 5.91 Å². The van der Waals surface area contributed by atoms with E-state index in [1.54, 1.807) is 48.8 Å². The maximum atomic E-state index is 12.2. The number of pyridine rings is 1. The minimum atomic E-state index is -0.335. The van der Waals surface area contributed by atoms with Crippen molar-refractivity contribution < 1.29 is 14.3 Å². The average molecular weight is 338 g/mol. The Balaban J connectivity index is 1.69. The highest BCUT2D eigenvalue weighted by molar-refractivity contribution is 6.03. The maximum absolute atomic E-state index is 12.2. The molecule has 25 heavy (non-hydrogen) atoms. The predicted molar refractivity (Wildman–Crippen MR) is 94.6 cm³/mol. The summed E-state index contributed by atoms with van der Waals surface area (Å²) in [5.74, 6) is 0.176. The van der Waals surface area contributed by atoms with Gasteiger partial charge >= 0.3 is 0 Å². The van der Waals surface area contributed by atoms with Crippen LogP contribution in [0, 0.1) is 5.92 Å². The van der Waals surface area contributed by atoms with Crippen molar-refractivity contribution >= 4 is 29.4 Å². The van der Waals surface area contributed by atoms with Crippen molar-refractivity contribution in [2.75, 3.05) is 16.9 Å². The number of rotatable bonds is 5. The monoisotopic (exact) mass is 338 g/mol. The topological polar surface area (TPSA) is 83.9 Å². The van der Waals surface area contributed by atoms with E-state index >= 15 is 0 Å². The van der Waals surface area contributed by atoms with Crippen LogP contribution >= 0.6 is 0 Å². The summed E-state index contributed by atoms with van der Waals surface area (Å²) >= 11 is 0. The molecule has 0 radical (unpaired) electrons. The molecular formula is C18H18N4O3. The third-order valence-electron chi connectivity index (χ3n) is 3.58. The Morgan fingerprint density at radius 3 is 2.92 bits per heavy atom. The number of hydrogen-bond acceptors (Lipinski definition) is 5. The van der Waals surface area contributed by atoms with Gasteiger partial charge in [0, 0.05) is 24.8 Å². The Hall–Kier alpha value is -3.22.